The van der Waals surface area contributed by atoms with Crippen molar-refractivity contribution in [1.29, 1.82) is 0 Å². The Morgan fingerprint density at radius 2 is 2.54 bits per heavy atom. The second-order valence-electron chi connectivity index (χ2n) is 2.68. The molecule has 1 aromatic heterocycles. The van der Waals surface area contributed by atoms with Gasteiger partial charge in [-0.25, -0.2) is 0 Å². The molecule has 1 heterocycles. The Kier molecular flexibility index (Phi) is 5.46. The van der Waals surface area contributed by atoms with E-state index in [2.05, 4.69) is 22.8 Å². The smallest absolute Gasteiger partial charge is 0.0623 e. The molecule has 0 bridgehead atoms. The van der Waals surface area contributed by atoms with E-state index in [4.69, 9.17) is 4.74 Å². The Morgan fingerprint density at radius 3 is 3.08 bits per heavy atom. The molecular formula is C9H15NOS2. The van der Waals surface area contributed by atoms with Crippen LogP contribution in [0, 0.1) is 0 Å². The van der Waals surface area contributed by atoms with E-state index < -0.39 is 0 Å². The predicted molar refractivity (Wildman–Crippen MR) is 59.8 cm³/mol. The third-order valence-electron chi connectivity index (χ3n) is 1.70. The van der Waals surface area contributed by atoms with Crippen LogP contribution in [0.2, 0.25) is 0 Å². The van der Waals surface area contributed by atoms with Gasteiger partial charge in [0.2, 0.25) is 0 Å². The molecule has 13 heavy (non-hydrogen) atoms. The van der Waals surface area contributed by atoms with Gasteiger partial charge in [0.05, 0.1) is 10.8 Å². The Labute approximate surface area is 87.7 Å². The summed E-state index contributed by atoms with van der Waals surface area (Å²) in [6, 6.07) is 4.67. The van der Waals surface area contributed by atoms with Crippen LogP contribution >= 0.6 is 23.1 Å². The quantitative estimate of drug-likeness (QED) is 0.737. The minimum absolute atomic E-state index is 0.442. The molecule has 1 unspecified atom stereocenters. The predicted octanol–water partition coefficient (Wildman–Crippen LogP) is 2.07. The number of thiophene rings is 1. The van der Waals surface area contributed by atoms with Gasteiger partial charge in [-0.1, -0.05) is 6.07 Å². The summed E-state index contributed by atoms with van der Waals surface area (Å²) < 4.78 is 6.46. The molecule has 0 amide bonds. The van der Waals surface area contributed by atoms with Crippen LogP contribution in [-0.2, 0) is 4.74 Å². The van der Waals surface area contributed by atoms with E-state index in [1.165, 1.54) is 4.21 Å². The van der Waals surface area contributed by atoms with E-state index in [0.717, 1.165) is 12.4 Å². The standard InChI is InChI=1S/C9H15NOS2/c1-10-8(6-11-2)7-13-9-4-3-5-12-9/h3-5,8,10H,6-7H2,1-2H3. The molecule has 1 rings (SSSR count). The number of ether oxygens (including phenoxy) is 1. The molecule has 1 N–H and O–H groups in total. The van der Waals surface area contributed by atoms with Gasteiger partial charge in [0.1, 0.15) is 0 Å². The minimum Gasteiger partial charge on any atom is -0.383 e. The fourth-order valence-corrected chi connectivity index (χ4v) is 2.84. The van der Waals surface area contributed by atoms with Gasteiger partial charge in [0.25, 0.3) is 0 Å². The summed E-state index contributed by atoms with van der Waals surface area (Å²) in [5, 5.41) is 5.33. The Balaban J connectivity index is 2.23. The fraction of sp³-hybridized carbons (Fsp3) is 0.556. The molecule has 2 nitrogen and oxygen atoms in total. The maximum atomic E-state index is 5.09. The first kappa shape index (κ1) is 11.0. The monoisotopic (exact) mass is 217 g/mol. The van der Waals surface area contributed by atoms with E-state index in [9.17, 15) is 0 Å². The molecule has 0 aliphatic rings. The molecule has 0 aliphatic carbocycles. The van der Waals surface area contributed by atoms with Crippen molar-refractivity contribution in [1.82, 2.24) is 5.32 Å². The molecule has 0 saturated heterocycles. The van der Waals surface area contributed by atoms with Crippen molar-refractivity contribution in [2.45, 2.75) is 10.3 Å². The average molecular weight is 217 g/mol. The van der Waals surface area contributed by atoms with Crippen LogP contribution < -0.4 is 5.32 Å². The van der Waals surface area contributed by atoms with Crippen LogP contribution in [0.1, 0.15) is 0 Å². The minimum atomic E-state index is 0.442. The molecule has 0 fully saturated rings. The summed E-state index contributed by atoms with van der Waals surface area (Å²) in [7, 11) is 3.71. The van der Waals surface area contributed by atoms with Crippen molar-refractivity contribution in [3.63, 3.8) is 0 Å². The number of rotatable bonds is 6. The fourth-order valence-electron chi connectivity index (χ4n) is 0.944. The van der Waals surface area contributed by atoms with Crippen molar-refractivity contribution < 1.29 is 4.74 Å². The van der Waals surface area contributed by atoms with E-state index in [1.807, 2.05) is 18.8 Å². The highest BCUT2D eigenvalue weighted by Gasteiger charge is 2.05. The number of nitrogens with one attached hydrogen (secondary N) is 1. The SMILES string of the molecule is CNC(COC)CSc1cccs1. The molecular weight excluding hydrogens is 202 g/mol. The Hall–Kier alpha value is -0.0300. The van der Waals surface area contributed by atoms with Crippen molar-refractivity contribution in [3.8, 4) is 0 Å². The van der Waals surface area contributed by atoms with Crippen LogP contribution in [-0.4, -0.2) is 32.6 Å². The zero-order valence-corrected chi connectivity index (χ0v) is 9.58. The molecule has 0 aromatic carbocycles. The second-order valence-corrected chi connectivity index (χ2v) is 4.95. The van der Waals surface area contributed by atoms with Gasteiger partial charge in [-0.2, -0.15) is 0 Å². The average Bonchev–Trinajstić information content (AvgIpc) is 2.64. The van der Waals surface area contributed by atoms with Crippen LogP contribution in [0.25, 0.3) is 0 Å². The molecule has 4 heteroatoms. The number of likely N-dealkylation sites (N-methyl/N-ethyl adjacent to an activating group) is 1. The van der Waals surface area contributed by atoms with E-state index >= 15 is 0 Å². The number of hydrogen-bond donors (Lipinski definition) is 1. The summed E-state index contributed by atoms with van der Waals surface area (Å²) in [4.78, 5) is 0. The summed E-state index contributed by atoms with van der Waals surface area (Å²) in [6.45, 7) is 0.773. The lowest BCUT2D eigenvalue weighted by molar-refractivity contribution is 0.177. The number of methoxy groups -OCH3 is 1. The third-order valence-corrected chi connectivity index (χ3v) is 3.99. The van der Waals surface area contributed by atoms with Crippen molar-refractivity contribution >= 4 is 23.1 Å². The van der Waals surface area contributed by atoms with E-state index in [-0.39, 0.29) is 0 Å². The van der Waals surface area contributed by atoms with Gasteiger partial charge in [0.15, 0.2) is 0 Å². The first-order chi connectivity index (χ1) is 6.36. The first-order valence-electron chi connectivity index (χ1n) is 4.19. The first-order valence-corrected chi connectivity index (χ1v) is 6.06. The lowest BCUT2D eigenvalue weighted by Gasteiger charge is -2.13. The lowest BCUT2D eigenvalue weighted by atomic mass is 10.4. The molecule has 0 radical (unpaired) electrons. The Bertz CT molecular complexity index is 213. The molecule has 0 aliphatic heterocycles. The van der Waals surface area contributed by atoms with Gasteiger partial charge in [0, 0.05) is 18.9 Å². The molecule has 0 saturated carbocycles. The summed E-state index contributed by atoms with van der Waals surface area (Å²) in [5.74, 6) is 1.06. The zero-order valence-electron chi connectivity index (χ0n) is 7.95. The largest absolute Gasteiger partial charge is 0.383 e. The lowest BCUT2D eigenvalue weighted by Crippen LogP contribution is -2.32. The normalized spacial score (nSPS) is 13.1. The highest BCUT2D eigenvalue weighted by molar-refractivity contribution is 8.01. The van der Waals surface area contributed by atoms with Crippen LogP contribution in [0.5, 0.6) is 0 Å². The molecule has 0 spiro atoms. The van der Waals surface area contributed by atoms with Crippen molar-refractivity contribution in [3.05, 3.63) is 17.5 Å². The van der Waals surface area contributed by atoms with Gasteiger partial charge in [-0.3, -0.25) is 0 Å². The summed E-state index contributed by atoms with van der Waals surface area (Å²) in [5.41, 5.74) is 0. The topological polar surface area (TPSA) is 21.3 Å². The second kappa shape index (κ2) is 6.43. The van der Waals surface area contributed by atoms with Crippen LogP contribution in [0.4, 0.5) is 0 Å². The molecule has 74 valence electrons. The van der Waals surface area contributed by atoms with E-state index in [0.29, 0.717) is 6.04 Å². The molecule has 1 aromatic rings. The Morgan fingerprint density at radius 1 is 1.69 bits per heavy atom. The third kappa shape index (κ3) is 4.13. The number of hydrogen-bond acceptors (Lipinski definition) is 4. The highest BCUT2D eigenvalue weighted by Crippen LogP contribution is 2.23. The van der Waals surface area contributed by atoms with Crippen LogP contribution in [0.15, 0.2) is 21.7 Å². The number of thioether (sulfide) groups is 1. The van der Waals surface area contributed by atoms with Gasteiger partial charge in [-0.05, 0) is 18.5 Å². The van der Waals surface area contributed by atoms with Crippen LogP contribution in [0.3, 0.4) is 0 Å². The van der Waals surface area contributed by atoms with Gasteiger partial charge >= 0.3 is 0 Å². The van der Waals surface area contributed by atoms with Crippen molar-refractivity contribution in [2.24, 2.45) is 0 Å². The maximum Gasteiger partial charge on any atom is 0.0623 e. The summed E-state index contributed by atoms with van der Waals surface area (Å²) in [6.07, 6.45) is 0. The van der Waals surface area contributed by atoms with E-state index in [1.54, 1.807) is 18.4 Å². The highest BCUT2D eigenvalue weighted by atomic mass is 32.2. The molecule has 1 atom stereocenters. The van der Waals surface area contributed by atoms with Gasteiger partial charge < -0.3 is 10.1 Å². The van der Waals surface area contributed by atoms with Crippen molar-refractivity contribution in [2.75, 3.05) is 26.5 Å². The summed E-state index contributed by atoms with van der Waals surface area (Å²) >= 11 is 3.66. The zero-order chi connectivity index (χ0) is 9.52. The van der Waals surface area contributed by atoms with Gasteiger partial charge in [-0.15, -0.1) is 23.1 Å². The maximum absolute atomic E-state index is 5.09.